The lowest BCUT2D eigenvalue weighted by Gasteiger charge is -2.11. The Kier molecular flexibility index (Phi) is 3.36. The fourth-order valence-electron chi connectivity index (χ4n) is 2.33. The van der Waals surface area contributed by atoms with Crippen molar-refractivity contribution in [3.8, 4) is 11.5 Å². The van der Waals surface area contributed by atoms with Gasteiger partial charge in [-0.1, -0.05) is 24.3 Å². The van der Waals surface area contributed by atoms with E-state index in [0.717, 1.165) is 16.5 Å². The summed E-state index contributed by atoms with van der Waals surface area (Å²) in [6, 6.07) is 14.7. The molecule has 0 amide bonds. The van der Waals surface area contributed by atoms with Crippen LogP contribution in [0.1, 0.15) is 5.56 Å². The van der Waals surface area contributed by atoms with Gasteiger partial charge in [0.25, 0.3) is 0 Å². The molecule has 0 atom stereocenters. The molecule has 0 spiro atoms. The van der Waals surface area contributed by atoms with Crippen molar-refractivity contribution in [2.45, 2.75) is 6.54 Å². The van der Waals surface area contributed by atoms with E-state index in [1.54, 1.807) is 12.1 Å². The van der Waals surface area contributed by atoms with Crippen LogP contribution in [-0.4, -0.2) is 10.2 Å². The highest BCUT2D eigenvalue weighted by Gasteiger charge is 2.06. The molecule has 3 N–H and O–H groups in total. The third-order valence-electron chi connectivity index (χ3n) is 3.41. The lowest BCUT2D eigenvalue weighted by Crippen LogP contribution is -2.00. The van der Waals surface area contributed by atoms with Gasteiger partial charge in [0.1, 0.15) is 17.3 Å². The number of fused-ring (bicyclic) bond motifs is 1. The second-order valence-corrected chi connectivity index (χ2v) is 4.80. The van der Waals surface area contributed by atoms with Gasteiger partial charge in [-0.3, -0.25) is 0 Å². The minimum absolute atomic E-state index is 0.0481. The number of hydrogen-bond donors (Lipinski definition) is 3. The third-order valence-corrected chi connectivity index (χ3v) is 3.41. The van der Waals surface area contributed by atoms with Crippen LogP contribution in [-0.2, 0) is 6.54 Å². The van der Waals surface area contributed by atoms with Crippen LogP contribution in [0.5, 0.6) is 11.5 Å². The van der Waals surface area contributed by atoms with E-state index in [1.165, 1.54) is 18.2 Å². The number of halogens is 1. The summed E-state index contributed by atoms with van der Waals surface area (Å²) in [5.74, 6) is -0.128. The summed E-state index contributed by atoms with van der Waals surface area (Å²) in [6.45, 7) is 0.290. The largest absolute Gasteiger partial charge is 0.508 e. The molecule has 0 fully saturated rings. The van der Waals surface area contributed by atoms with Crippen LogP contribution in [0.3, 0.4) is 0 Å². The summed E-state index contributed by atoms with van der Waals surface area (Å²) >= 11 is 0. The molecule has 3 aromatic rings. The summed E-state index contributed by atoms with van der Waals surface area (Å²) in [7, 11) is 0. The van der Waals surface area contributed by atoms with Gasteiger partial charge in [0.15, 0.2) is 0 Å². The maximum atomic E-state index is 13.2. The van der Waals surface area contributed by atoms with Crippen molar-refractivity contribution in [3.05, 3.63) is 66.0 Å². The zero-order valence-corrected chi connectivity index (χ0v) is 11.2. The summed E-state index contributed by atoms with van der Waals surface area (Å²) in [4.78, 5) is 0. The second kappa shape index (κ2) is 5.32. The standard InChI is InChI=1S/C17H14FNO2/c18-12-7-8-16(20)11(9-12)10-19-15-5-1-4-14-13(15)3-2-6-17(14)21/h1-9,19-21H,10H2. The molecule has 0 aliphatic heterocycles. The van der Waals surface area contributed by atoms with Crippen molar-refractivity contribution in [1.82, 2.24) is 0 Å². The molecule has 0 bridgehead atoms. The maximum absolute atomic E-state index is 13.2. The van der Waals surface area contributed by atoms with Gasteiger partial charge >= 0.3 is 0 Å². The van der Waals surface area contributed by atoms with Crippen molar-refractivity contribution >= 4 is 16.5 Å². The van der Waals surface area contributed by atoms with E-state index in [-0.39, 0.29) is 17.3 Å². The molecular weight excluding hydrogens is 269 g/mol. The average Bonchev–Trinajstić information content (AvgIpc) is 2.49. The Balaban J connectivity index is 1.92. The van der Waals surface area contributed by atoms with Crippen LogP contribution >= 0.6 is 0 Å². The van der Waals surface area contributed by atoms with Gasteiger partial charge in [0.2, 0.25) is 0 Å². The first-order valence-corrected chi connectivity index (χ1v) is 6.57. The molecule has 0 radical (unpaired) electrons. The van der Waals surface area contributed by atoms with E-state index < -0.39 is 0 Å². The van der Waals surface area contributed by atoms with E-state index in [0.29, 0.717) is 12.1 Å². The third kappa shape index (κ3) is 2.60. The van der Waals surface area contributed by atoms with E-state index in [2.05, 4.69) is 5.32 Å². The van der Waals surface area contributed by atoms with Crippen molar-refractivity contribution in [3.63, 3.8) is 0 Å². The molecule has 0 unspecified atom stereocenters. The van der Waals surface area contributed by atoms with E-state index in [1.807, 2.05) is 24.3 Å². The normalized spacial score (nSPS) is 10.7. The molecule has 3 aromatic carbocycles. The van der Waals surface area contributed by atoms with Crippen molar-refractivity contribution in [2.75, 3.05) is 5.32 Å². The lowest BCUT2D eigenvalue weighted by atomic mass is 10.1. The first-order valence-electron chi connectivity index (χ1n) is 6.57. The number of hydrogen-bond acceptors (Lipinski definition) is 3. The number of benzene rings is 3. The Morgan fingerprint density at radius 2 is 1.62 bits per heavy atom. The predicted octanol–water partition coefficient (Wildman–Crippen LogP) is 4.00. The minimum Gasteiger partial charge on any atom is -0.508 e. The quantitative estimate of drug-likeness (QED) is 0.681. The van der Waals surface area contributed by atoms with Gasteiger partial charge in [0, 0.05) is 28.6 Å². The number of phenols is 2. The topological polar surface area (TPSA) is 52.5 Å². The second-order valence-electron chi connectivity index (χ2n) is 4.80. The maximum Gasteiger partial charge on any atom is 0.123 e. The van der Waals surface area contributed by atoms with Gasteiger partial charge in [-0.05, 0) is 30.3 Å². The Labute approximate surface area is 121 Å². The summed E-state index contributed by atoms with van der Waals surface area (Å²) in [6.07, 6.45) is 0. The van der Waals surface area contributed by atoms with Crippen LogP contribution in [0, 0.1) is 5.82 Å². The van der Waals surface area contributed by atoms with Crippen molar-refractivity contribution < 1.29 is 14.6 Å². The van der Waals surface area contributed by atoms with E-state index in [4.69, 9.17) is 0 Å². The highest BCUT2D eigenvalue weighted by Crippen LogP contribution is 2.30. The zero-order chi connectivity index (χ0) is 14.8. The van der Waals surface area contributed by atoms with Crippen LogP contribution in [0.4, 0.5) is 10.1 Å². The highest BCUT2D eigenvalue weighted by molar-refractivity contribution is 5.97. The minimum atomic E-state index is -0.389. The van der Waals surface area contributed by atoms with Crippen LogP contribution < -0.4 is 5.32 Å². The summed E-state index contributed by atoms with van der Waals surface area (Å²) < 4.78 is 13.2. The SMILES string of the molecule is Oc1ccc(F)cc1CNc1cccc2c(O)cccc12. The Morgan fingerprint density at radius 1 is 0.857 bits per heavy atom. The molecule has 3 nitrogen and oxygen atoms in total. The molecule has 3 rings (SSSR count). The number of phenolic OH excluding ortho intramolecular Hbond substituents is 2. The van der Waals surface area contributed by atoms with Crippen LogP contribution in [0.15, 0.2) is 54.6 Å². The highest BCUT2D eigenvalue weighted by atomic mass is 19.1. The van der Waals surface area contributed by atoms with Crippen LogP contribution in [0.25, 0.3) is 10.8 Å². The van der Waals surface area contributed by atoms with E-state index in [9.17, 15) is 14.6 Å². The summed E-state index contributed by atoms with van der Waals surface area (Å²) in [5.41, 5.74) is 1.29. The molecule has 21 heavy (non-hydrogen) atoms. The number of nitrogens with one attached hydrogen (secondary N) is 1. The first-order chi connectivity index (χ1) is 10.1. The number of aromatic hydroxyl groups is 2. The average molecular weight is 283 g/mol. The molecule has 0 heterocycles. The monoisotopic (exact) mass is 283 g/mol. The number of rotatable bonds is 3. The fraction of sp³-hybridized carbons (Fsp3) is 0.0588. The fourth-order valence-corrected chi connectivity index (χ4v) is 2.33. The van der Waals surface area contributed by atoms with Crippen molar-refractivity contribution in [1.29, 1.82) is 0 Å². The van der Waals surface area contributed by atoms with Crippen molar-refractivity contribution in [2.24, 2.45) is 0 Å². The number of anilines is 1. The van der Waals surface area contributed by atoms with Gasteiger partial charge in [-0.15, -0.1) is 0 Å². The van der Waals surface area contributed by atoms with E-state index >= 15 is 0 Å². The molecule has 0 saturated heterocycles. The lowest BCUT2D eigenvalue weighted by molar-refractivity contribution is 0.466. The molecule has 0 saturated carbocycles. The Morgan fingerprint density at radius 3 is 2.48 bits per heavy atom. The predicted molar refractivity (Wildman–Crippen MR) is 81.0 cm³/mol. The van der Waals surface area contributed by atoms with Gasteiger partial charge < -0.3 is 15.5 Å². The molecule has 106 valence electrons. The Hall–Kier alpha value is -2.75. The van der Waals surface area contributed by atoms with Gasteiger partial charge in [-0.25, -0.2) is 4.39 Å². The molecule has 0 aliphatic carbocycles. The van der Waals surface area contributed by atoms with Gasteiger partial charge in [-0.2, -0.15) is 0 Å². The molecule has 0 aromatic heterocycles. The molecular formula is C17H14FNO2. The Bertz CT molecular complexity index is 802. The first kappa shape index (κ1) is 13.2. The molecule has 4 heteroatoms. The summed E-state index contributed by atoms with van der Waals surface area (Å²) in [5, 5.41) is 24.3. The zero-order valence-electron chi connectivity index (χ0n) is 11.2. The smallest absolute Gasteiger partial charge is 0.123 e. The van der Waals surface area contributed by atoms with Crippen LogP contribution in [0.2, 0.25) is 0 Å². The van der Waals surface area contributed by atoms with Gasteiger partial charge in [0.05, 0.1) is 0 Å². The molecule has 0 aliphatic rings.